The van der Waals surface area contributed by atoms with Gasteiger partial charge >= 0.3 is 5.97 Å². The molecule has 1 aromatic rings. The molecule has 0 heterocycles. The number of amides is 1. The van der Waals surface area contributed by atoms with Crippen LogP contribution in [0.15, 0.2) is 30.3 Å². The summed E-state index contributed by atoms with van der Waals surface area (Å²) in [5.74, 6) is 0.790. The third-order valence-corrected chi connectivity index (χ3v) is 5.02. The monoisotopic (exact) mass is 287 g/mol. The molecule has 2 aliphatic rings. The Morgan fingerprint density at radius 3 is 2.52 bits per heavy atom. The Hall–Kier alpha value is -1.84. The zero-order chi connectivity index (χ0) is 14.8. The van der Waals surface area contributed by atoms with Crippen molar-refractivity contribution in [2.45, 2.75) is 38.1 Å². The molecule has 21 heavy (non-hydrogen) atoms. The van der Waals surface area contributed by atoms with E-state index in [0.29, 0.717) is 23.8 Å². The van der Waals surface area contributed by atoms with Gasteiger partial charge in [-0.25, -0.2) is 4.79 Å². The van der Waals surface area contributed by atoms with Crippen molar-refractivity contribution in [2.75, 3.05) is 0 Å². The summed E-state index contributed by atoms with van der Waals surface area (Å²) in [6.07, 6.45) is 5.42. The van der Waals surface area contributed by atoms with Crippen molar-refractivity contribution < 1.29 is 14.7 Å². The predicted molar refractivity (Wildman–Crippen MR) is 78.5 cm³/mol. The van der Waals surface area contributed by atoms with Gasteiger partial charge in [-0.3, -0.25) is 4.79 Å². The van der Waals surface area contributed by atoms with Crippen molar-refractivity contribution in [3.63, 3.8) is 0 Å². The zero-order valence-corrected chi connectivity index (χ0v) is 12.0. The van der Waals surface area contributed by atoms with E-state index in [9.17, 15) is 14.7 Å². The molecule has 2 fully saturated rings. The van der Waals surface area contributed by atoms with Crippen LogP contribution in [-0.4, -0.2) is 17.0 Å². The zero-order valence-electron chi connectivity index (χ0n) is 12.0. The van der Waals surface area contributed by atoms with Crippen LogP contribution in [-0.2, 0) is 9.59 Å². The van der Waals surface area contributed by atoms with Gasteiger partial charge in [0.1, 0.15) is 0 Å². The molecule has 0 aliphatic heterocycles. The lowest BCUT2D eigenvalue weighted by Gasteiger charge is -2.22. The molecule has 2 bridgehead atoms. The smallest absolute Gasteiger partial charge is 0.330 e. The fraction of sp³-hybridized carbons (Fsp3) is 0.529. The average molecular weight is 287 g/mol. The Morgan fingerprint density at radius 1 is 1.19 bits per heavy atom. The molecule has 4 unspecified atom stereocenters. The summed E-state index contributed by atoms with van der Waals surface area (Å²) in [5.41, 5.74) is 0.617. The van der Waals surface area contributed by atoms with Crippen molar-refractivity contribution in [2.24, 2.45) is 17.8 Å². The molecule has 2 N–H and O–H groups in total. The Bertz CT molecular complexity index is 528. The molecule has 4 nitrogen and oxygen atoms in total. The molecule has 3 rings (SSSR count). The number of carbonyl (C=O) groups excluding carboxylic acids is 1. The van der Waals surface area contributed by atoms with E-state index in [4.69, 9.17) is 0 Å². The van der Waals surface area contributed by atoms with Gasteiger partial charge in [0.15, 0.2) is 6.04 Å². The number of nitrogens with one attached hydrogen (secondary N) is 1. The van der Waals surface area contributed by atoms with E-state index in [-0.39, 0.29) is 5.91 Å². The fourth-order valence-electron chi connectivity index (χ4n) is 4.02. The molecule has 0 spiro atoms. The van der Waals surface area contributed by atoms with E-state index >= 15 is 0 Å². The van der Waals surface area contributed by atoms with Gasteiger partial charge in [0.2, 0.25) is 5.91 Å². The number of fused-ring (bicyclic) bond motifs is 2. The van der Waals surface area contributed by atoms with Gasteiger partial charge in [-0.1, -0.05) is 36.8 Å². The second-order valence-electron chi connectivity index (χ2n) is 6.39. The summed E-state index contributed by atoms with van der Waals surface area (Å²) in [5, 5.41) is 12.0. The van der Waals surface area contributed by atoms with Gasteiger partial charge in [-0.2, -0.15) is 0 Å². The van der Waals surface area contributed by atoms with Gasteiger partial charge in [0, 0.05) is 6.42 Å². The number of rotatable bonds is 5. The second kappa shape index (κ2) is 5.88. The normalized spacial score (nSPS) is 28.3. The number of carbonyl (C=O) groups is 2. The lowest BCUT2D eigenvalue weighted by molar-refractivity contribution is -0.142. The molecule has 4 atom stereocenters. The molecule has 0 aromatic heterocycles. The van der Waals surface area contributed by atoms with E-state index < -0.39 is 12.0 Å². The summed E-state index contributed by atoms with van der Waals surface area (Å²) in [7, 11) is 0. The average Bonchev–Trinajstić information content (AvgIpc) is 3.08. The largest absolute Gasteiger partial charge is 0.479 e. The van der Waals surface area contributed by atoms with Crippen LogP contribution in [0.25, 0.3) is 0 Å². The molecule has 0 saturated heterocycles. The molecular formula is C17H21NO3. The van der Waals surface area contributed by atoms with Crippen molar-refractivity contribution >= 4 is 11.9 Å². The number of benzene rings is 1. The number of hydrogen-bond donors (Lipinski definition) is 2. The molecule has 0 radical (unpaired) electrons. The second-order valence-corrected chi connectivity index (χ2v) is 6.39. The first-order chi connectivity index (χ1) is 10.1. The fourth-order valence-corrected chi connectivity index (χ4v) is 4.02. The summed E-state index contributed by atoms with van der Waals surface area (Å²) in [6, 6.07) is 7.92. The molecule has 2 aliphatic carbocycles. The molecule has 4 heteroatoms. The maximum Gasteiger partial charge on any atom is 0.330 e. The molecular weight excluding hydrogens is 266 g/mol. The van der Waals surface area contributed by atoms with Gasteiger partial charge in [0.05, 0.1) is 0 Å². The first-order valence-corrected chi connectivity index (χ1v) is 7.70. The van der Waals surface area contributed by atoms with Crippen LogP contribution in [0.5, 0.6) is 0 Å². The summed E-state index contributed by atoms with van der Waals surface area (Å²) < 4.78 is 0. The Morgan fingerprint density at radius 2 is 1.95 bits per heavy atom. The van der Waals surface area contributed by atoms with E-state index in [1.54, 1.807) is 24.3 Å². The third-order valence-electron chi connectivity index (χ3n) is 5.02. The lowest BCUT2D eigenvalue weighted by atomic mass is 9.86. The minimum atomic E-state index is -1.01. The Kier molecular flexibility index (Phi) is 3.95. The summed E-state index contributed by atoms with van der Waals surface area (Å²) in [6.45, 7) is 0. The Labute approximate surface area is 124 Å². The summed E-state index contributed by atoms with van der Waals surface area (Å²) in [4.78, 5) is 23.6. The first-order valence-electron chi connectivity index (χ1n) is 7.70. The van der Waals surface area contributed by atoms with Gasteiger partial charge in [0.25, 0.3) is 0 Å². The maximum atomic E-state index is 12.2. The highest BCUT2D eigenvalue weighted by Gasteiger charge is 2.40. The number of carboxylic acid groups (broad SMARTS) is 1. The minimum absolute atomic E-state index is 0.135. The summed E-state index contributed by atoms with van der Waals surface area (Å²) >= 11 is 0. The van der Waals surface area contributed by atoms with Crippen molar-refractivity contribution in [1.82, 2.24) is 5.32 Å². The van der Waals surface area contributed by atoms with Gasteiger partial charge in [-0.05, 0) is 42.6 Å². The third kappa shape index (κ3) is 3.09. The van der Waals surface area contributed by atoms with Crippen LogP contribution in [0.4, 0.5) is 0 Å². The van der Waals surface area contributed by atoms with E-state index in [2.05, 4.69) is 5.32 Å². The minimum Gasteiger partial charge on any atom is -0.479 e. The van der Waals surface area contributed by atoms with Crippen LogP contribution < -0.4 is 5.32 Å². The highest BCUT2D eigenvalue weighted by molar-refractivity contribution is 5.84. The maximum absolute atomic E-state index is 12.2. The van der Waals surface area contributed by atoms with Crippen molar-refractivity contribution in [3.05, 3.63) is 35.9 Å². The lowest BCUT2D eigenvalue weighted by Crippen LogP contribution is -2.35. The van der Waals surface area contributed by atoms with Crippen molar-refractivity contribution in [1.29, 1.82) is 0 Å². The molecule has 1 amide bonds. The van der Waals surface area contributed by atoms with E-state index in [0.717, 1.165) is 12.3 Å². The Balaban J connectivity index is 1.61. The molecule has 1 aromatic carbocycles. The SMILES string of the molecule is O=C(CC1CC2CCC1C2)NC(C(=O)O)c1ccccc1. The highest BCUT2D eigenvalue weighted by Crippen LogP contribution is 2.49. The van der Waals surface area contributed by atoms with Crippen LogP contribution in [0, 0.1) is 17.8 Å². The number of aliphatic carboxylic acids is 1. The highest BCUT2D eigenvalue weighted by atomic mass is 16.4. The topological polar surface area (TPSA) is 66.4 Å². The predicted octanol–water partition coefficient (Wildman–Crippen LogP) is 2.75. The quantitative estimate of drug-likeness (QED) is 0.875. The molecule has 112 valence electrons. The van der Waals surface area contributed by atoms with Crippen LogP contribution in [0.1, 0.15) is 43.7 Å². The van der Waals surface area contributed by atoms with Gasteiger partial charge in [-0.15, -0.1) is 0 Å². The number of hydrogen-bond acceptors (Lipinski definition) is 2. The standard InChI is InChI=1S/C17H21NO3/c19-15(10-14-9-11-6-7-13(14)8-11)18-16(17(20)21)12-4-2-1-3-5-12/h1-5,11,13-14,16H,6-10H2,(H,18,19)(H,20,21). The van der Waals surface area contributed by atoms with E-state index in [1.807, 2.05) is 6.07 Å². The molecule has 2 saturated carbocycles. The first kappa shape index (κ1) is 14.1. The number of carboxylic acids is 1. The van der Waals surface area contributed by atoms with Crippen LogP contribution in [0.2, 0.25) is 0 Å². The van der Waals surface area contributed by atoms with E-state index in [1.165, 1.54) is 19.3 Å². The van der Waals surface area contributed by atoms with Gasteiger partial charge < -0.3 is 10.4 Å². The van der Waals surface area contributed by atoms with Crippen molar-refractivity contribution in [3.8, 4) is 0 Å². The van der Waals surface area contributed by atoms with Crippen LogP contribution >= 0.6 is 0 Å². The van der Waals surface area contributed by atoms with Crippen LogP contribution in [0.3, 0.4) is 0 Å².